The molecule has 1 saturated heterocycles. The molecule has 1 rings (SSSR count). The van der Waals surface area contributed by atoms with Crippen LogP contribution in [-0.2, 0) is 9.59 Å². The molecule has 0 aromatic heterocycles. The van der Waals surface area contributed by atoms with Crippen LogP contribution in [0.3, 0.4) is 0 Å². The van der Waals surface area contributed by atoms with Crippen molar-refractivity contribution >= 4 is 44.1 Å². The van der Waals surface area contributed by atoms with Crippen LogP contribution in [0.2, 0.25) is 0 Å². The Kier molecular flexibility index (Phi) is 2.30. The molecular formula is C4H4Br2N2O2. The molecule has 1 aliphatic rings. The van der Waals surface area contributed by atoms with Gasteiger partial charge in [-0.05, 0) is 0 Å². The fourth-order valence-corrected chi connectivity index (χ4v) is 1.22. The van der Waals surface area contributed by atoms with E-state index in [0.29, 0.717) is 0 Å². The molecule has 10 heavy (non-hydrogen) atoms. The maximum Gasteiger partial charge on any atom is 0.253 e. The highest BCUT2D eigenvalue weighted by molar-refractivity contribution is 9.08. The summed E-state index contributed by atoms with van der Waals surface area (Å²) in [5, 5.41) is 0. The van der Waals surface area contributed by atoms with Gasteiger partial charge in [0.05, 0.1) is 32.3 Å². The number of carbonyl (C=O) groups is 2. The van der Waals surface area contributed by atoms with Gasteiger partial charge in [-0.3, -0.25) is 17.4 Å². The van der Waals surface area contributed by atoms with Crippen LogP contribution in [-0.4, -0.2) is 32.8 Å². The van der Waals surface area contributed by atoms with E-state index < -0.39 is 0 Å². The van der Waals surface area contributed by atoms with Crippen molar-refractivity contribution in [3.63, 3.8) is 0 Å². The summed E-state index contributed by atoms with van der Waals surface area (Å²) in [6.45, 7) is 0.175. The molecule has 0 spiro atoms. The quantitative estimate of drug-likeness (QED) is 0.594. The van der Waals surface area contributed by atoms with E-state index in [-0.39, 0.29) is 24.9 Å². The Hall–Kier alpha value is -0.100. The van der Waals surface area contributed by atoms with Crippen molar-refractivity contribution in [3.8, 4) is 0 Å². The standard InChI is InChI=1S/C4H4Br2N2O2/c5-7-1-3(9)8(6)2-4(7)10/h1-2H2. The summed E-state index contributed by atoms with van der Waals surface area (Å²) in [7, 11) is 0. The zero-order valence-electron chi connectivity index (χ0n) is 4.88. The highest BCUT2D eigenvalue weighted by Crippen LogP contribution is 2.11. The van der Waals surface area contributed by atoms with E-state index in [1.807, 2.05) is 0 Å². The molecule has 2 amide bonds. The maximum absolute atomic E-state index is 10.8. The molecule has 0 bridgehead atoms. The number of hydrogen-bond acceptors (Lipinski definition) is 2. The number of nitrogens with zero attached hydrogens (tertiary/aromatic N) is 2. The van der Waals surface area contributed by atoms with Gasteiger partial charge in [0, 0.05) is 0 Å². The first-order valence-electron chi connectivity index (χ1n) is 2.53. The second kappa shape index (κ2) is 2.87. The van der Waals surface area contributed by atoms with Gasteiger partial charge in [0.25, 0.3) is 11.8 Å². The summed E-state index contributed by atoms with van der Waals surface area (Å²) in [4.78, 5) is 21.6. The van der Waals surface area contributed by atoms with Crippen LogP contribution < -0.4 is 0 Å². The lowest BCUT2D eigenvalue weighted by Gasteiger charge is -2.24. The Morgan fingerprint density at radius 3 is 1.60 bits per heavy atom. The van der Waals surface area contributed by atoms with E-state index in [2.05, 4.69) is 32.3 Å². The molecule has 0 radical (unpaired) electrons. The Morgan fingerprint density at radius 1 is 1.00 bits per heavy atom. The van der Waals surface area contributed by atoms with E-state index in [9.17, 15) is 9.59 Å². The lowest BCUT2D eigenvalue weighted by molar-refractivity contribution is -0.139. The topological polar surface area (TPSA) is 40.6 Å². The summed E-state index contributed by atoms with van der Waals surface area (Å²) < 4.78 is 2.43. The van der Waals surface area contributed by atoms with Gasteiger partial charge in [-0.1, -0.05) is 0 Å². The summed E-state index contributed by atoms with van der Waals surface area (Å²) in [6.07, 6.45) is 0. The predicted molar refractivity (Wildman–Crippen MR) is 41.3 cm³/mol. The van der Waals surface area contributed by atoms with Gasteiger partial charge in [-0.25, -0.2) is 0 Å². The molecule has 0 aromatic carbocycles. The van der Waals surface area contributed by atoms with Gasteiger partial charge < -0.3 is 0 Å². The van der Waals surface area contributed by atoms with Crippen molar-refractivity contribution in [2.75, 3.05) is 13.1 Å². The molecule has 56 valence electrons. The molecule has 0 aliphatic carbocycles. The number of carbonyl (C=O) groups excluding carboxylic acids is 2. The first-order chi connectivity index (χ1) is 4.61. The molecule has 4 nitrogen and oxygen atoms in total. The van der Waals surface area contributed by atoms with Crippen LogP contribution in [0.1, 0.15) is 0 Å². The zero-order valence-corrected chi connectivity index (χ0v) is 8.05. The van der Waals surface area contributed by atoms with Crippen LogP contribution in [0.15, 0.2) is 0 Å². The predicted octanol–water partition coefficient (Wildman–Crippen LogP) is 0.277. The Balaban J connectivity index is 2.63. The van der Waals surface area contributed by atoms with Gasteiger partial charge in [0.1, 0.15) is 13.1 Å². The molecule has 0 saturated carbocycles. The number of amides is 2. The third-order valence-corrected chi connectivity index (χ3v) is 2.38. The third-order valence-electron chi connectivity index (χ3n) is 1.09. The van der Waals surface area contributed by atoms with Crippen LogP contribution in [0.25, 0.3) is 0 Å². The molecule has 1 fully saturated rings. The number of rotatable bonds is 0. The second-order valence-corrected chi connectivity index (χ2v) is 3.54. The third kappa shape index (κ3) is 1.49. The summed E-state index contributed by atoms with van der Waals surface area (Å²) >= 11 is 5.87. The highest BCUT2D eigenvalue weighted by atomic mass is 79.9. The monoisotopic (exact) mass is 270 g/mol. The van der Waals surface area contributed by atoms with Gasteiger partial charge >= 0.3 is 0 Å². The molecule has 0 aromatic rings. The maximum atomic E-state index is 10.8. The largest absolute Gasteiger partial charge is 0.272 e. The van der Waals surface area contributed by atoms with Gasteiger partial charge in [0.15, 0.2) is 0 Å². The number of halogens is 2. The first-order valence-corrected chi connectivity index (χ1v) is 3.95. The van der Waals surface area contributed by atoms with Gasteiger partial charge in [-0.2, -0.15) is 0 Å². The Bertz CT molecular complexity index is 164. The minimum Gasteiger partial charge on any atom is -0.272 e. The average Bonchev–Trinajstić information content (AvgIpc) is 1.84. The summed E-state index contributed by atoms with van der Waals surface area (Å²) in [5.41, 5.74) is 0. The lowest BCUT2D eigenvalue weighted by Crippen LogP contribution is -2.45. The van der Waals surface area contributed by atoms with Gasteiger partial charge in [-0.15, -0.1) is 0 Å². The zero-order chi connectivity index (χ0) is 7.72. The summed E-state index contributed by atoms with van der Waals surface area (Å²) in [6, 6.07) is 0. The highest BCUT2D eigenvalue weighted by Gasteiger charge is 2.26. The lowest BCUT2D eigenvalue weighted by atomic mass is 10.4. The minimum absolute atomic E-state index is 0.0874. The molecule has 0 atom stereocenters. The molecule has 1 heterocycles. The fourth-order valence-electron chi connectivity index (χ4n) is 0.567. The van der Waals surface area contributed by atoms with Crippen LogP contribution in [0.5, 0.6) is 0 Å². The van der Waals surface area contributed by atoms with Crippen molar-refractivity contribution in [2.24, 2.45) is 0 Å². The van der Waals surface area contributed by atoms with E-state index in [4.69, 9.17) is 0 Å². The summed E-state index contributed by atoms with van der Waals surface area (Å²) in [5.74, 6) is -0.257. The van der Waals surface area contributed by atoms with Crippen molar-refractivity contribution in [1.82, 2.24) is 7.85 Å². The first kappa shape index (κ1) is 8.00. The average molecular weight is 272 g/mol. The van der Waals surface area contributed by atoms with Crippen LogP contribution in [0, 0.1) is 0 Å². The minimum atomic E-state index is -0.128. The Morgan fingerprint density at radius 2 is 1.30 bits per heavy atom. The molecule has 6 heteroatoms. The molecule has 0 unspecified atom stereocenters. The smallest absolute Gasteiger partial charge is 0.253 e. The van der Waals surface area contributed by atoms with Gasteiger partial charge in [0.2, 0.25) is 0 Å². The van der Waals surface area contributed by atoms with E-state index in [1.54, 1.807) is 0 Å². The van der Waals surface area contributed by atoms with Crippen LogP contribution in [0.4, 0.5) is 0 Å². The molecule has 1 aliphatic heterocycles. The number of piperazine rings is 1. The van der Waals surface area contributed by atoms with Crippen molar-refractivity contribution in [3.05, 3.63) is 0 Å². The fraction of sp³-hybridized carbons (Fsp3) is 0.500. The van der Waals surface area contributed by atoms with E-state index in [1.165, 1.54) is 7.85 Å². The van der Waals surface area contributed by atoms with E-state index in [0.717, 1.165) is 0 Å². The van der Waals surface area contributed by atoms with E-state index >= 15 is 0 Å². The Labute approximate surface area is 74.8 Å². The normalized spacial score (nSPS) is 20.2. The SMILES string of the molecule is O=C1CN(Br)C(=O)CN1Br. The van der Waals surface area contributed by atoms with Crippen molar-refractivity contribution < 1.29 is 9.59 Å². The van der Waals surface area contributed by atoms with Crippen LogP contribution >= 0.6 is 32.3 Å². The molecular weight excluding hydrogens is 268 g/mol. The number of hydrogen-bond donors (Lipinski definition) is 0. The molecule has 0 N–H and O–H groups in total. The second-order valence-electron chi connectivity index (χ2n) is 1.83. The van der Waals surface area contributed by atoms with Crippen molar-refractivity contribution in [1.29, 1.82) is 0 Å². The van der Waals surface area contributed by atoms with Crippen molar-refractivity contribution in [2.45, 2.75) is 0 Å².